The molecule has 0 bridgehead atoms. The highest BCUT2D eigenvalue weighted by Crippen LogP contribution is 2.17. The Balaban J connectivity index is 1.56. The molecule has 1 aromatic heterocycles. The Morgan fingerprint density at radius 1 is 1.04 bits per heavy atom. The van der Waals surface area contributed by atoms with Crippen LogP contribution in [0.4, 0.5) is 11.6 Å². The van der Waals surface area contributed by atoms with E-state index in [1.165, 1.54) is 5.56 Å². The minimum absolute atomic E-state index is 0.106. The maximum absolute atomic E-state index is 12.5. The Morgan fingerprint density at radius 2 is 1.79 bits per heavy atom. The summed E-state index contributed by atoms with van der Waals surface area (Å²) in [5.41, 5.74) is 2.21. The van der Waals surface area contributed by atoms with Crippen molar-refractivity contribution in [1.82, 2.24) is 9.97 Å². The smallest absolute Gasteiger partial charge is 0.274 e. The fourth-order valence-corrected chi connectivity index (χ4v) is 2.62. The highest BCUT2D eigenvalue weighted by atomic mass is 16.5. The summed E-state index contributed by atoms with van der Waals surface area (Å²) in [5.74, 6) is 0.912. The molecule has 3 rings (SSSR count). The van der Waals surface area contributed by atoms with Crippen molar-refractivity contribution in [3.05, 3.63) is 78.1 Å². The number of carbonyl (C=O) groups is 1. The van der Waals surface area contributed by atoms with Crippen molar-refractivity contribution >= 4 is 17.5 Å². The molecule has 0 fully saturated rings. The second-order valence-electron chi connectivity index (χ2n) is 6.57. The molecule has 28 heavy (non-hydrogen) atoms. The van der Waals surface area contributed by atoms with Crippen LogP contribution < -0.4 is 15.4 Å². The molecular weight excluding hydrogens is 352 g/mol. The van der Waals surface area contributed by atoms with Crippen molar-refractivity contribution in [3.63, 3.8) is 0 Å². The lowest BCUT2D eigenvalue weighted by Crippen LogP contribution is -2.16. The van der Waals surface area contributed by atoms with E-state index >= 15 is 0 Å². The van der Waals surface area contributed by atoms with Gasteiger partial charge in [-0.05, 0) is 56.2 Å². The predicted molar refractivity (Wildman–Crippen MR) is 111 cm³/mol. The molecule has 0 unspecified atom stereocenters. The maximum atomic E-state index is 12.5. The summed E-state index contributed by atoms with van der Waals surface area (Å²) in [6.07, 6.45) is 2.53. The fraction of sp³-hybridized carbons (Fsp3) is 0.227. The highest BCUT2D eigenvalue weighted by molar-refractivity contribution is 6.02. The van der Waals surface area contributed by atoms with Gasteiger partial charge in [0.05, 0.1) is 6.10 Å². The summed E-state index contributed by atoms with van der Waals surface area (Å²) in [6.45, 7) is 4.62. The first kappa shape index (κ1) is 19.4. The second-order valence-corrected chi connectivity index (χ2v) is 6.57. The van der Waals surface area contributed by atoms with E-state index in [2.05, 4.69) is 32.7 Å². The number of hydrogen-bond acceptors (Lipinski definition) is 5. The Bertz CT molecular complexity index is 896. The third-order valence-corrected chi connectivity index (χ3v) is 3.91. The number of rotatable bonds is 8. The Kier molecular flexibility index (Phi) is 6.57. The van der Waals surface area contributed by atoms with Crippen LogP contribution in [0.5, 0.6) is 5.75 Å². The average molecular weight is 376 g/mol. The summed E-state index contributed by atoms with van der Waals surface area (Å²) in [4.78, 5) is 20.9. The quantitative estimate of drug-likeness (QED) is 0.617. The first-order valence-electron chi connectivity index (χ1n) is 9.29. The molecular formula is C22H24N4O2. The molecule has 0 radical (unpaired) electrons. The Hall–Kier alpha value is -3.41. The standard InChI is InChI=1S/C22H24N4O2/c1-16(2)28-19-10-8-18(9-11-19)25-21(27)20-13-15-24-22(26-20)23-14-12-17-6-4-3-5-7-17/h3-11,13,15-16H,12,14H2,1-2H3,(H,25,27)(H,23,24,26). The largest absolute Gasteiger partial charge is 0.491 e. The zero-order chi connectivity index (χ0) is 19.8. The van der Waals surface area contributed by atoms with Crippen LogP contribution in [0.1, 0.15) is 29.9 Å². The van der Waals surface area contributed by atoms with E-state index in [1.54, 1.807) is 24.4 Å². The first-order valence-corrected chi connectivity index (χ1v) is 9.29. The van der Waals surface area contributed by atoms with Gasteiger partial charge >= 0.3 is 0 Å². The zero-order valence-corrected chi connectivity index (χ0v) is 16.1. The molecule has 6 nitrogen and oxygen atoms in total. The molecule has 2 N–H and O–H groups in total. The molecule has 0 aliphatic heterocycles. The topological polar surface area (TPSA) is 76.1 Å². The van der Waals surface area contributed by atoms with Gasteiger partial charge in [-0.25, -0.2) is 9.97 Å². The van der Waals surface area contributed by atoms with Crippen molar-refractivity contribution in [1.29, 1.82) is 0 Å². The minimum Gasteiger partial charge on any atom is -0.491 e. The highest BCUT2D eigenvalue weighted by Gasteiger charge is 2.09. The van der Waals surface area contributed by atoms with Crippen LogP contribution in [0.15, 0.2) is 66.9 Å². The van der Waals surface area contributed by atoms with Gasteiger partial charge in [-0.2, -0.15) is 0 Å². The predicted octanol–water partition coefficient (Wildman–Crippen LogP) is 4.17. The van der Waals surface area contributed by atoms with E-state index in [4.69, 9.17) is 4.74 Å². The van der Waals surface area contributed by atoms with Gasteiger partial charge in [0.2, 0.25) is 5.95 Å². The molecule has 0 aliphatic rings. The van der Waals surface area contributed by atoms with Gasteiger partial charge in [0.25, 0.3) is 5.91 Å². The lowest BCUT2D eigenvalue weighted by molar-refractivity contribution is 0.102. The van der Waals surface area contributed by atoms with Crippen molar-refractivity contribution in [2.45, 2.75) is 26.4 Å². The molecule has 0 aliphatic carbocycles. The number of ether oxygens (including phenoxy) is 1. The lowest BCUT2D eigenvalue weighted by atomic mass is 10.1. The second kappa shape index (κ2) is 9.50. The number of hydrogen-bond donors (Lipinski definition) is 2. The SMILES string of the molecule is CC(C)Oc1ccc(NC(=O)c2ccnc(NCCc3ccccc3)n2)cc1. The van der Waals surface area contributed by atoms with E-state index in [9.17, 15) is 4.79 Å². The normalized spacial score (nSPS) is 10.5. The molecule has 1 amide bonds. The average Bonchev–Trinajstić information content (AvgIpc) is 2.70. The number of nitrogens with zero attached hydrogens (tertiary/aromatic N) is 2. The summed E-state index contributed by atoms with van der Waals surface area (Å²) in [5, 5.41) is 5.99. The first-order chi connectivity index (χ1) is 13.6. The van der Waals surface area contributed by atoms with Crippen LogP contribution in [-0.2, 0) is 6.42 Å². The summed E-state index contributed by atoms with van der Waals surface area (Å²) >= 11 is 0. The number of nitrogens with one attached hydrogen (secondary N) is 2. The molecule has 0 saturated carbocycles. The molecule has 144 valence electrons. The van der Waals surface area contributed by atoms with Crippen LogP contribution in [0.3, 0.4) is 0 Å². The molecule has 0 saturated heterocycles. The van der Waals surface area contributed by atoms with Crippen molar-refractivity contribution in [2.24, 2.45) is 0 Å². The van der Waals surface area contributed by atoms with Gasteiger partial charge in [0.15, 0.2) is 0 Å². The molecule has 2 aromatic carbocycles. The van der Waals surface area contributed by atoms with Crippen LogP contribution in [0.25, 0.3) is 0 Å². The molecule has 0 spiro atoms. The van der Waals surface area contributed by atoms with Crippen LogP contribution in [0, 0.1) is 0 Å². The molecule has 6 heteroatoms. The lowest BCUT2D eigenvalue weighted by Gasteiger charge is -2.11. The Morgan fingerprint density at radius 3 is 2.50 bits per heavy atom. The van der Waals surface area contributed by atoms with E-state index in [0.717, 1.165) is 12.2 Å². The van der Waals surface area contributed by atoms with Gasteiger partial charge < -0.3 is 15.4 Å². The third kappa shape index (κ3) is 5.81. The number of anilines is 2. The van der Waals surface area contributed by atoms with Crippen molar-refractivity contribution in [3.8, 4) is 5.75 Å². The van der Waals surface area contributed by atoms with Gasteiger partial charge in [0, 0.05) is 18.4 Å². The summed E-state index contributed by atoms with van der Waals surface area (Å²) in [7, 11) is 0. The summed E-state index contributed by atoms with van der Waals surface area (Å²) in [6, 6.07) is 19.0. The van der Waals surface area contributed by atoms with Crippen LogP contribution >= 0.6 is 0 Å². The van der Waals surface area contributed by atoms with Gasteiger partial charge in [-0.3, -0.25) is 4.79 Å². The van der Waals surface area contributed by atoms with Crippen molar-refractivity contribution < 1.29 is 9.53 Å². The van der Waals surface area contributed by atoms with E-state index in [-0.39, 0.29) is 12.0 Å². The number of aromatic nitrogens is 2. The molecule has 1 heterocycles. The molecule has 0 atom stereocenters. The number of benzene rings is 2. The Labute approximate surface area is 165 Å². The fourth-order valence-electron chi connectivity index (χ4n) is 2.62. The van der Waals surface area contributed by atoms with Crippen LogP contribution in [-0.4, -0.2) is 28.5 Å². The maximum Gasteiger partial charge on any atom is 0.274 e. The monoisotopic (exact) mass is 376 g/mol. The van der Waals surface area contributed by atoms with Crippen LogP contribution in [0.2, 0.25) is 0 Å². The van der Waals surface area contributed by atoms with Gasteiger partial charge in [-0.15, -0.1) is 0 Å². The van der Waals surface area contributed by atoms with E-state index in [1.807, 2.05) is 44.2 Å². The van der Waals surface area contributed by atoms with Gasteiger partial charge in [-0.1, -0.05) is 30.3 Å². The van der Waals surface area contributed by atoms with E-state index in [0.29, 0.717) is 23.9 Å². The number of amides is 1. The third-order valence-electron chi connectivity index (χ3n) is 3.91. The minimum atomic E-state index is -0.286. The molecule has 3 aromatic rings. The zero-order valence-electron chi connectivity index (χ0n) is 16.1. The van der Waals surface area contributed by atoms with Crippen molar-refractivity contribution in [2.75, 3.05) is 17.2 Å². The number of carbonyl (C=O) groups excluding carboxylic acids is 1. The summed E-state index contributed by atoms with van der Waals surface area (Å²) < 4.78 is 5.60. The van der Waals surface area contributed by atoms with E-state index < -0.39 is 0 Å². The van der Waals surface area contributed by atoms with Gasteiger partial charge in [0.1, 0.15) is 11.4 Å².